The van der Waals surface area contributed by atoms with E-state index in [-0.39, 0.29) is 18.4 Å². The van der Waals surface area contributed by atoms with Crippen LogP contribution in [0.3, 0.4) is 0 Å². The van der Waals surface area contributed by atoms with Gasteiger partial charge in [0, 0.05) is 16.3 Å². The molecule has 3 aromatic rings. The number of halogens is 2. The van der Waals surface area contributed by atoms with Crippen LogP contribution in [0.5, 0.6) is 5.75 Å². The van der Waals surface area contributed by atoms with Gasteiger partial charge in [-0.25, -0.2) is 5.43 Å². The van der Waals surface area contributed by atoms with Crippen LogP contribution in [0.25, 0.3) is 0 Å². The molecule has 0 spiro atoms. The molecule has 0 fully saturated rings. The number of carbonyl (C=O) groups excluding carboxylic acids is 2. The summed E-state index contributed by atoms with van der Waals surface area (Å²) in [6, 6.07) is 19.3. The van der Waals surface area contributed by atoms with Crippen LogP contribution < -0.4 is 15.5 Å². The number of hydrogen-bond donors (Lipinski definition) is 2. The van der Waals surface area contributed by atoms with E-state index in [4.69, 9.17) is 16.3 Å². The predicted octanol–water partition coefficient (Wildman–Crippen LogP) is 5.19. The molecule has 0 radical (unpaired) electrons. The number of benzene rings is 3. The maximum absolute atomic E-state index is 12.1. The Labute approximate surface area is 193 Å². The SMILES string of the molecule is Cc1ccc(NC(=O)COc2ccc(/C=N/NC(=O)c3ccccc3)cc2Br)cc1Cl. The van der Waals surface area contributed by atoms with Crippen molar-refractivity contribution in [3.05, 3.63) is 92.9 Å². The predicted molar refractivity (Wildman–Crippen MR) is 126 cm³/mol. The van der Waals surface area contributed by atoms with E-state index in [0.717, 1.165) is 11.1 Å². The van der Waals surface area contributed by atoms with Crippen molar-refractivity contribution < 1.29 is 14.3 Å². The second-order valence-corrected chi connectivity index (χ2v) is 7.82. The van der Waals surface area contributed by atoms with Gasteiger partial charge in [0.1, 0.15) is 5.75 Å². The first-order chi connectivity index (χ1) is 14.9. The highest BCUT2D eigenvalue weighted by atomic mass is 79.9. The van der Waals surface area contributed by atoms with Gasteiger partial charge in [0.2, 0.25) is 0 Å². The van der Waals surface area contributed by atoms with Crippen molar-refractivity contribution in [2.45, 2.75) is 6.92 Å². The topological polar surface area (TPSA) is 79.8 Å². The molecule has 158 valence electrons. The standard InChI is InChI=1S/C23H19BrClN3O3/c1-15-7-9-18(12-20(15)25)27-22(29)14-31-21-10-8-16(11-19(21)24)13-26-28-23(30)17-5-3-2-4-6-17/h2-13H,14H2,1H3,(H,27,29)(H,28,30)/b26-13+. The molecule has 31 heavy (non-hydrogen) atoms. The van der Waals surface area contributed by atoms with E-state index < -0.39 is 0 Å². The Morgan fingerprint density at radius 1 is 1.10 bits per heavy atom. The average molecular weight is 501 g/mol. The van der Waals surface area contributed by atoms with Crippen LogP contribution >= 0.6 is 27.5 Å². The van der Waals surface area contributed by atoms with Gasteiger partial charge in [-0.3, -0.25) is 9.59 Å². The first-order valence-corrected chi connectivity index (χ1v) is 10.5. The molecule has 0 aliphatic carbocycles. The second-order valence-electron chi connectivity index (χ2n) is 6.56. The molecule has 2 N–H and O–H groups in total. The van der Waals surface area contributed by atoms with Gasteiger partial charge < -0.3 is 10.1 Å². The summed E-state index contributed by atoms with van der Waals surface area (Å²) in [5.74, 6) is -0.0969. The van der Waals surface area contributed by atoms with Gasteiger partial charge in [0.25, 0.3) is 11.8 Å². The highest BCUT2D eigenvalue weighted by Gasteiger charge is 2.08. The Hall–Kier alpha value is -3.16. The lowest BCUT2D eigenvalue weighted by atomic mass is 10.2. The Bertz CT molecular complexity index is 1120. The fraction of sp³-hybridized carbons (Fsp3) is 0.0870. The number of aryl methyl sites for hydroxylation is 1. The molecule has 0 aliphatic heterocycles. The molecule has 0 saturated heterocycles. The molecule has 0 aromatic heterocycles. The summed E-state index contributed by atoms with van der Waals surface area (Å²) in [6.07, 6.45) is 1.52. The number of hydrogen-bond acceptors (Lipinski definition) is 4. The fourth-order valence-corrected chi connectivity index (χ4v) is 3.24. The number of anilines is 1. The third kappa shape index (κ3) is 6.67. The van der Waals surface area contributed by atoms with Gasteiger partial charge in [0.15, 0.2) is 6.61 Å². The third-order valence-electron chi connectivity index (χ3n) is 4.19. The first-order valence-electron chi connectivity index (χ1n) is 9.29. The smallest absolute Gasteiger partial charge is 0.271 e. The van der Waals surface area contributed by atoms with Gasteiger partial charge >= 0.3 is 0 Å². The largest absolute Gasteiger partial charge is 0.483 e. The number of rotatable bonds is 7. The summed E-state index contributed by atoms with van der Waals surface area (Å²) in [4.78, 5) is 24.1. The molecular weight excluding hydrogens is 482 g/mol. The Kier molecular flexibility index (Phi) is 7.81. The van der Waals surface area contributed by atoms with E-state index in [1.54, 1.807) is 54.6 Å². The molecule has 0 unspecified atom stereocenters. The van der Waals surface area contributed by atoms with E-state index in [9.17, 15) is 9.59 Å². The molecule has 2 amide bonds. The molecule has 6 nitrogen and oxygen atoms in total. The van der Waals surface area contributed by atoms with Gasteiger partial charge in [-0.1, -0.05) is 35.9 Å². The van der Waals surface area contributed by atoms with Crippen molar-refractivity contribution in [3.8, 4) is 5.75 Å². The molecule has 0 heterocycles. The minimum atomic E-state index is -0.305. The Balaban J connectivity index is 1.52. The number of nitrogens with one attached hydrogen (secondary N) is 2. The number of hydrazone groups is 1. The van der Waals surface area contributed by atoms with Crippen molar-refractivity contribution in [2.24, 2.45) is 5.10 Å². The van der Waals surface area contributed by atoms with Gasteiger partial charge in [-0.15, -0.1) is 0 Å². The van der Waals surface area contributed by atoms with Crippen LogP contribution in [0.15, 0.2) is 76.3 Å². The van der Waals surface area contributed by atoms with Crippen LogP contribution in [0, 0.1) is 6.92 Å². The Morgan fingerprint density at radius 3 is 2.58 bits per heavy atom. The molecule has 0 atom stereocenters. The summed E-state index contributed by atoms with van der Waals surface area (Å²) in [7, 11) is 0. The number of amides is 2. The Morgan fingerprint density at radius 2 is 1.87 bits per heavy atom. The number of ether oxygens (including phenoxy) is 1. The number of carbonyl (C=O) groups is 2. The van der Waals surface area contributed by atoms with Crippen molar-refractivity contribution in [1.29, 1.82) is 0 Å². The lowest BCUT2D eigenvalue weighted by Crippen LogP contribution is -2.20. The van der Waals surface area contributed by atoms with Crippen LogP contribution in [0.2, 0.25) is 5.02 Å². The summed E-state index contributed by atoms with van der Waals surface area (Å²) in [6.45, 7) is 1.73. The van der Waals surface area contributed by atoms with Crippen molar-refractivity contribution in [1.82, 2.24) is 5.43 Å². The maximum Gasteiger partial charge on any atom is 0.271 e. The van der Waals surface area contributed by atoms with E-state index in [1.165, 1.54) is 6.21 Å². The lowest BCUT2D eigenvalue weighted by molar-refractivity contribution is -0.118. The monoisotopic (exact) mass is 499 g/mol. The van der Waals surface area contributed by atoms with Gasteiger partial charge in [-0.2, -0.15) is 5.10 Å². The molecule has 0 saturated carbocycles. The normalized spacial score (nSPS) is 10.7. The summed E-state index contributed by atoms with van der Waals surface area (Å²) in [5, 5.41) is 7.28. The van der Waals surface area contributed by atoms with Crippen LogP contribution in [0.4, 0.5) is 5.69 Å². The summed E-state index contributed by atoms with van der Waals surface area (Å²) >= 11 is 9.48. The van der Waals surface area contributed by atoms with E-state index in [1.807, 2.05) is 19.1 Å². The summed E-state index contributed by atoms with van der Waals surface area (Å²) < 4.78 is 6.22. The molecular formula is C23H19BrClN3O3. The van der Waals surface area contributed by atoms with E-state index in [0.29, 0.717) is 26.5 Å². The molecule has 0 aliphatic rings. The maximum atomic E-state index is 12.1. The fourth-order valence-electron chi connectivity index (χ4n) is 2.54. The third-order valence-corrected chi connectivity index (χ3v) is 5.21. The van der Waals surface area contributed by atoms with Crippen LogP contribution in [-0.4, -0.2) is 24.6 Å². The lowest BCUT2D eigenvalue weighted by Gasteiger charge is -2.10. The molecule has 0 bridgehead atoms. The van der Waals surface area contributed by atoms with Crippen LogP contribution in [0.1, 0.15) is 21.5 Å². The molecule has 3 aromatic carbocycles. The quantitative estimate of drug-likeness (QED) is 0.346. The molecule has 8 heteroatoms. The minimum Gasteiger partial charge on any atom is -0.483 e. The number of nitrogens with zero attached hydrogens (tertiary/aromatic N) is 1. The summed E-state index contributed by atoms with van der Waals surface area (Å²) in [5.41, 5.74) is 5.28. The first kappa shape index (κ1) is 22.5. The second kappa shape index (κ2) is 10.7. The molecule has 3 rings (SSSR count). The van der Waals surface area contributed by atoms with Crippen molar-refractivity contribution >= 4 is 51.2 Å². The van der Waals surface area contributed by atoms with Crippen LogP contribution in [-0.2, 0) is 4.79 Å². The zero-order valence-corrected chi connectivity index (χ0v) is 18.9. The van der Waals surface area contributed by atoms with E-state index in [2.05, 4.69) is 31.8 Å². The zero-order valence-electron chi connectivity index (χ0n) is 16.6. The van der Waals surface area contributed by atoms with Crippen molar-refractivity contribution in [2.75, 3.05) is 11.9 Å². The zero-order chi connectivity index (χ0) is 22.2. The minimum absolute atomic E-state index is 0.162. The van der Waals surface area contributed by atoms with E-state index >= 15 is 0 Å². The highest BCUT2D eigenvalue weighted by Crippen LogP contribution is 2.26. The van der Waals surface area contributed by atoms with Crippen molar-refractivity contribution in [3.63, 3.8) is 0 Å². The van der Waals surface area contributed by atoms with Gasteiger partial charge in [-0.05, 0) is 76.4 Å². The van der Waals surface area contributed by atoms with Gasteiger partial charge in [0.05, 0.1) is 10.7 Å². The average Bonchev–Trinajstić information content (AvgIpc) is 2.76. The highest BCUT2D eigenvalue weighted by molar-refractivity contribution is 9.10.